The van der Waals surface area contributed by atoms with Crippen LogP contribution < -0.4 is 15.4 Å². The van der Waals surface area contributed by atoms with Gasteiger partial charge in [0.25, 0.3) is 0 Å². The summed E-state index contributed by atoms with van der Waals surface area (Å²) in [6.45, 7) is 4.48. The summed E-state index contributed by atoms with van der Waals surface area (Å²) in [6, 6.07) is 5.03. The van der Waals surface area contributed by atoms with Crippen molar-refractivity contribution in [1.29, 1.82) is 0 Å². The van der Waals surface area contributed by atoms with Gasteiger partial charge in [0.15, 0.2) is 17.5 Å². The summed E-state index contributed by atoms with van der Waals surface area (Å²) in [5, 5.41) is 6.64. The number of halogens is 1. The molecule has 0 heterocycles. The third-order valence-corrected chi connectivity index (χ3v) is 4.86. The first kappa shape index (κ1) is 19.5. The minimum atomic E-state index is -0.336. The summed E-state index contributed by atoms with van der Waals surface area (Å²) in [5.74, 6) is 0.689. The van der Waals surface area contributed by atoms with Crippen LogP contribution in [0.3, 0.4) is 0 Å². The minimum Gasteiger partial charge on any atom is -0.491 e. The largest absolute Gasteiger partial charge is 0.491 e. The molecule has 140 valence electrons. The topological polar surface area (TPSA) is 54.9 Å². The van der Waals surface area contributed by atoms with E-state index >= 15 is 0 Å². The van der Waals surface area contributed by atoms with E-state index in [-0.39, 0.29) is 5.82 Å². The van der Waals surface area contributed by atoms with E-state index < -0.39 is 0 Å². The van der Waals surface area contributed by atoms with Gasteiger partial charge in [-0.15, -0.1) is 0 Å². The molecule has 0 spiro atoms. The van der Waals surface area contributed by atoms with Gasteiger partial charge in [-0.1, -0.05) is 12.5 Å². The Balaban J connectivity index is 1.83. The maximum Gasteiger partial charge on any atom is 0.191 e. The van der Waals surface area contributed by atoms with E-state index in [0.29, 0.717) is 24.3 Å². The SMILES string of the molecule is CCOc1ccc(CNC(=NC)NCC2(CCOC)CCC2)cc1F. The number of aliphatic imine (C=N–C) groups is 1. The predicted molar refractivity (Wildman–Crippen MR) is 98.5 cm³/mol. The number of rotatable bonds is 9. The molecule has 0 amide bonds. The standard InChI is InChI=1S/C19H30FN3O2/c1-4-25-17-7-6-15(12-16(17)20)13-22-18(21-2)23-14-19(8-5-9-19)10-11-24-3/h6-7,12H,4-5,8-11,13-14H2,1-3H3,(H2,21,22,23). The predicted octanol–water partition coefficient (Wildman–Crippen LogP) is 3.10. The number of hydrogen-bond donors (Lipinski definition) is 2. The maximum absolute atomic E-state index is 13.9. The second kappa shape index (κ2) is 9.61. The van der Waals surface area contributed by atoms with Crippen LogP contribution in [0.5, 0.6) is 5.75 Å². The van der Waals surface area contributed by atoms with E-state index in [2.05, 4.69) is 15.6 Å². The molecule has 0 unspecified atom stereocenters. The number of ether oxygens (including phenoxy) is 2. The Labute approximate surface area is 150 Å². The lowest BCUT2D eigenvalue weighted by Gasteiger charge is -2.42. The van der Waals surface area contributed by atoms with Gasteiger partial charge in [0.05, 0.1) is 6.61 Å². The minimum absolute atomic E-state index is 0.291. The molecule has 2 N–H and O–H groups in total. The first-order valence-electron chi connectivity index (χ1n) is 8.97. The highest BCUT2D eigenvalue weighted by Crippen LogP contribution is 2.43. The molecule has 0 saturated heterocycles. The summed E-state index contributed by atoms with van der Waals surface area (Å²) in [7, 11) is 3.49. The zero-order valence-electron chi connectivity index (χ0n) is 15.5. The number of hydrogen-bond acceptors (Lipinski definition) is 3. The van der Waals surface area contributed by atoms with Crippen LogP contribution >= 0.6 is 0 Å². The van der Waals surface area contributed by atoms with E-state index in [9.17, 15) is 4.39 Å². The molecule has 0 aromatic heterocycles. The number of guanidine groups is 1. The maximum atomic E-state index is 13.9. The average molecular weight is 351 g/mol. The fraction of sp³-hybridized carbons (Fsp3) is 0.632. The smallest absolute Gasteiger partial charge is 0.191 e. The van der Waals surface area contributed by atoms with Crippen LogP contribution in [0.15, 0.2) is 23.2 Å². The van der Waals surface area contributed by atoms with Gasteiger partial charge in [-0.05, 0) is 49.3 Å². The highest BCUT2D eigenvalue weighted by atomic mass is 19.1. The van der Waals surface area contributed by atoms with Crippen molar-refractivity contribution < 1.29 is 13.9 Å². The molecule has 0 radical (unpaired) electrons. The van der Waals surface area contributed by atoms with Crippen LogP contribution in [0.2, 0.25) is 0 Å². The normalized spacial score (nSPS) is 16.2. The Kier molecular flexibility index (Phi) is 7.50. The van der Waals surface area contributed by atoms with Gasteiger partial charge in [0, 0.05) is 33.9 Å². The molecule has 1 aliphatic carbocycles. The molecule has 1 aromatic carbocycles. The van der Waals surface area contributed by atoms with E-state index in [1.165, 1.54) is 25.3 Å². The van der Waals surface area contributed by atoms with Crippen molar-refractivity contribution in [3.8, 4) is 5.75 Å². The molecule has 0 atom stereocenters. The highest BCUT2D eigenvalue weighted by Gasteiger charge is 2.36. The molecule has 6 heteroatoms. The summed E-state index contributed by atoms with van der Waals surface area (Å²) in [4.78, 5) is 4.26. The Morgan fingerprint density at radius 3 is 2.68 bits per heavy atom. The van der Waals surface area contributed by atoms with Crippen LogP contribution in [-0.4, -0.2) is 39.9 Å². The number of nitrogens with one attached hydrogen (secondary N) is 2. The first-order chi connectivity index (χ1) is 12.1. The zero-order chi connectivity index (χ0) is 18.1. The lowest BCUT2D eigenvalue weighted by molar-refractivity contribution is 0.0732. The molecule has 1 aromatic rings. The van der Waals surface area contributed by atoms with Gasteiger partial charge in [-0.25, -0.2) is 4.39 Å². The fourth-order valence-electron chi connectivity index (χ4n) is 3.11. The van der Waals surface area contributed by atoms with Crippen LogP contribution in [0, 0.1) is 11.2 Å². The summed E-state index contributed by atoms with van der Waals surface area (Å²) in [6.07, 6.45) is 4.80. The van der Waals surface area contributed by atoms with Gasteiger partial charge in [0.1, 0.15) is 0 Å². The van der Waals surface area contributed by atoms with Crippen molar-refractivity contribution in [1.82, 2.24) is 10.6 Å². The molecule has 1 saturated carbocycles. The number of nitrogens with zero attached hydrogens (tertiary/aromatic N) is 1. The van der Waals surface area contributed by atoms with E-state index in [0.717, 1.165) is 31.1 Å². The number of benzene rings is 1. The third kappa shape index (κ3) is 5.59. The van der Waals surface area contributed by atoms with Gasteiger partial charge >= 0.3 is 0 Å². The van der Waals surface area contributed by atoms with Crippen molar-refractivity contribution in [3.05, 3.63) is 29.6 Å². The molecule has 0 bridgehead atoms. The van der Waals surface area contributed by atoms with Crippen LogP contribution in [-0.2, 0) is 11.3 Å². The van der Waals surface area contributed by atoms with E-state index in [4.69, 9.17) is 9.47 Å². The van der Waals surface area contributed by atoms with Crippen LogP contribution in [0.4, 0.5) is 4.39 Å². The van der Waals surface area contributed by atoms with Crippen molar-refractivity contribution in [2.45, 2.75) is 39.2 Å². The van der Waals surface area contributed by atoms with Crippen molar-refractivity contribution >= 4 is 5.96 Å². The summed E-state index contributed by atoms with van der Waals surface area (Å²) < 4.78 is 24.4. The zero-order valence-corrected chi connectivity index (χ0v) is 15.5. The molecule has 25 heavy (non-hydrogen) atoms. The number of methoxy groups -OCH3 is 1. The Bertz CT molecular complexity index is 574. The molecular weight excluding hydrogens is 321 g/mol. The van der Waals surface area contributed by atoms with Crippen molar-refractivity contribution in [2.24, 2.45) is 10.4 Å². The van der Waals surface area contributed by atoms with Gasteiger partial charge < -0.3 is 20.1 Å². The fourth-order valence-corrected chi connectivity index (χ4v) is 3.11. The Morgan fingerprint density at radius 1 is 1.32 bits per heavy atom. The Morgan fingerprint density at radius 2 is 2.12 bits per heavy atom. The van der Waals surface area contributed by atoms with Crippen molar-refractivity contribution in [2.75, 3.05) is 33.9 Å². The van der Waals surface area contributed by atoms with Crippen LogP contribution in [0.25, 0.3) is 0 Å². The Hall–Kier alpha value is -1.82. The second-order valence-corrected chi connectivity index (χ2v) is 6.57. The van der Waals surface area contributed by atoms with Crippen LogP contribution in [0.1, 0.15) is 38.2 Å². The lowest BCUT2D eigenvalue weighted by atomic mass is 9.67. The quantitative estimate of drug-likeness (QED) is 0.530. The van der Waals surface area contributed by atoms with E-state index in [1.54, 1.807) is 20.2 Å². The average Bonchev–Trinajstić information content (AvgIpc) is 2.58. The molecule has 2 rings (SSSR count). The van der Waals surface area contributed by atoms with E-state index in [1.807, 2.05) is 13.0 Å². The summed E-state index contributed by atoms with van der Waals surface area (Å²) >= 11 is 0. The van der Waals surface area contributed by atoms with Gasteiger partial charge in [-0.3, -0.25) is 4.99 Å². The highest BCUT2D eigenvalue weighted by molar-refractivity contribution is 5.79. The second-order valence-electron chi connectivity index (χ2n) is 6.57. The monoisotopic (exact) mass is 351 g/mol. The molecule has 1 aliphatic rings. The lowest BCUT2D eigenvalue weighted by Crippen LogP contribution is -2.46. The molecule has 5 nitrogen and oxygen atoms in total. The van der Waals surface area contributed by atoms with Crippen molar-refractivity contribution in [3.63, 3.8) is 0 Å². The summed E-state index contributed by atoms with van der Waals surface area (Å²) in [5.41, 5.74) is 1.17. The third-order valence-electron chi connectivity index (χ3n) is 4.86. The molecule has 0 aliphatic heterocycles. The molecule has 1 fully saturated rings. The molecular formula is C19H30FN3O2. The van der Waals surface area contributed by atoms with Gasteiger partial charge in [-0.2, -0.15) is 0 Å². The van der Waals surface area contributed by atoms with Gasteiger partial charge in [0.2, 0.25) is 0 Å². The first-order valence-corrected chi connectivity index (χ1v) is 8.97.